The van der Waals surface area contributed by atoms with Crippen molar-refractivity contribution in [2.24, 2.45) is 4.99 Å². The standard InChI is InChI=1S/C22H32N4O3S/c1-22(2,3)25-30(27,28)20-10-8-7-9-18(20)15-24-21(23-4)26(5)16-17-11-13-19(29-6)14-12-17/h7-14,25H,15-16H2,1-6H3,(H,23,24). The summed E-state index contributed by atoms with van der Waals surface area (Å²) in [5.41, 5.74) is 1.22. The van der Waals surface area contributed by atoms with Crippen LogP contribution >= 0.6 is 0 Å². The van der Waals surface area contributed by atoms with E-state index >= 15 is 0 Å². The third-order valence-corrected chi connectivity index (χ3v) is 6.15. The number of nitrogens with one attached hydrogen (secondary N) is 2. The van der Waals surface area contributed by atoms with Gasteiger partial charge < -0.3 is 15.0 Å². The number of rotatable bonds is 7. The summed E-state index contributed by atoms with van der Waals surface area (Å²) in [6.45, 7) is 6.44. The number of hydrogen-bond donors (Lipinski definition) is 2. The molecule has 30 heavy (non-hydrogen) atoms. The van der Waals surface area contributed by atoms with Gasteiger partial charge in [-0.25, -0.2) is 13.1 Å². The highest BCUT2D eigenvalue weighted by atomic mass is 32.2. The Morgan fingerprint density at radius 1 is 1.10 bits per heavy atom. The molecule has 0 unspecified atom stereocenters. The highest BCUT2D eigenvalue weighted by molar-refractivity contribution is 7.89. The Morgan fingerprint density at radius 2 is 1.73 bits per heavy atom. The van der Waals surface area contributed by atoms with E-state index in [0.29, 0.717) is 24.6 Å². The zero-order chi connectivity index (χ0) is 22.4. The predicted molar refractivity (Wildman–Crippen MR) is 121 cm³/mol. The van der Waals surface area contributed by atoms with Gasteiger partial charge in [0.25, 0.3) is 0 Å². The summed E-state index contributed by atoms with van der Waals surface area (Å²) >= 11 is 0. The van der Waals surface area contributed by atoms with Crippen LogP contribution in [0.4, 0.5) is 0 Å². The maximum absolute atomic E-state index is 12.8. The minimum absolute atomic E-state index is 0.265. The van der Waals surface area contributed by atoms with Crippen molar-refractivity contribution >= 4 is 16.0 Å². The van der Waals surface area contributed by atoms with Crippen LogP contribution < -0.4 is 14.8 Å². The van der Waals surface area contributed by atoms with Gasteiger partial charge in [0.15, 0.2) is 5.96 Å². The third-order valence-electron chi connectivity index (χ3n) is 4.29. The lowest BCUT2D eigenvalue weighted by atomic mass is 10.1. The van der Waals surface area contributed by atoms with Crippen molar-refractivity contribution < 1.29 is 13.2 Å². The van der Waals surface area contributed by atoms with Gasteiger partial charge in [-0.05, 0) is 50.1 Å². The quantitative estimate of drug-likeness (QED) is 0.519. The Kier molecular flexibility index (Phi) is 7.86. The molecule has 0 amide bonds. The van der Waals surface area contributed by atoms with E-state index in [9.17, 15) is 8.42 Å². The van der Waals surface area contributed by atoms with E-state index in [2.05, 4.69) is 15.0 Å². The van der Waals surface area contributed by atoms with Crippen LogP contribution in [0.15, 0.2) is 58.4 Å². The van der Waals surface area contributed by atoms with E-state index in [0.717, 1.165) is 11.3 Å². The molecule has 0 aromatic heterocycles. The van der Waals surface area contributed by atoms with Crippen LogP contribution in [-0.2, 0) is 23.1 Å². The number of sulfonamides is 1. The predicted octanol–water partition coefficient (Wildman–Crippen LogP) is 2.98. The summed E-state index contributed by atoms with van der Waals surface area (Å²) in [5.74, 6) is 1.48. The van der Waals surface area contributed by atoms with Gasteiger partial charge in [0.2, 0.25) is 10.0 Å². The lowest BCUT2D eigenvalue weighted by Crippen LogP contribution is -2.41. The SMILES string of the molecule is CN=C(NCc1ccccc1S(=O)(=O)NC(C)(C)C)N(C)Cc1ccc(OC)cc1. The van der Waals surface area contributed by atoms with Gasteiger partial charge in [-0.3, -0.25) is 4.99 Å². The molecule has 0 fully saturated rings. The summed E-state index contributed by atoms with van der Waals surface area (Å²) < 4.78 is 33.5. The molecule has 164 valence electrons. The maximum atomic E-state index is 12.8. The van der Waals surface area contributed by atoms with Gasteiger partial charge in [0, 0.05) is 32.7 Å². The van der Waals surface area contributed by atoms with E-state index in [-0.39, 0.29) is 4.90 Å². The molecule has 0 aliphatic rings. The van der Waals surface area contributed by atoms with E-state index in [4.69, 9.17) is 4.74 Å². The number of guanidine groups is 1. The average Bonchev–Trinajstić information content (AvgIpc) is 2.67. The number of aliphatic imine (C=N–C) groups is 1. The summed E-state index contributed by atoms with van der Waals surface area (Å²) in [7, 11) is 1.65. The minimum atomic E-state index is -3.63. The molecule has 0 atom stereocenters. The molecule has 2 aromatic carbocycles. The zero-order valence-electron chi connectivity index (χ0n) is 18.6. The van der Waals surface area contributed by atoms with Crippen LogP contribution in [0.1, 0.15) is 31.9 Å². The van der Waals surface area contributed by atoms with Crippen molar-refractivity contribution in [3.05, 3.63) is 59.7 Å². The molecule has 8 heteroatoms. The van der Waals surface area contributed by atoms with Crippen molar-refractivity contribution in [1.29, 1.82) is 0 Å². The number of hydrogen-bond acceptors (Lipinski definition) is 4. The fraction of sp³-hybridized carbons (Fsp3) is 0.409. The maximum Gasteiger partial charge on any atom is 0.241 e. The second-order valence-electron chi connectivity index (χ2n) is 8.07. The highest BCUT2D eigenvalue weighted by Gasteiger charge is 2.24. The molecule has 2 aromatic rings. The molecule has 0 radical (unpaired) electrons. The number of benzene rings is 2. The van der Waals surface area contributed by atoms with E-state index in [1.807, 2.05) is 63.1 Å². The van der Waals surface area contributed by atoms with Crippen molar-refractivity contribution in [3.63, 3.8) is 0 Å². The number of methoxy groups -OCH3 is 1. The third kappa shape index (κ3) is 6.74. The van der Waals surface area contributed by atoms with Crippen LogP contribution in [0.25, 0.3) is 0 Å². The smallest absolute Gasteiger partial charge is 0.241 e. The second kappa shape index (κ2) is 9.95. The van der Waals surface area contributed by atoms with E-state index < -0.39 is 15.6 Å². The van der Waals surface area contributed by atoms with Crippen molar-refractivity contribution in [2.45, 2.75) is 44.3 Å². The first-order valence-corrected chi connectivity index (χ1v) is 11.2. The summed E-state index contributed by atoms with van der Waals surface area (Å²) in [4.78, 5) is 6.57. The first-order chi connectivity index (χ1) is 14.1. The van der Waals surface area contributed by atoms with Crippen molar-refractivity contribution in [2.75, 3.05) is 21.2 Å². The van der Waals surface area contributed by atoms with Crippen LogP contribution in [-0.4, -0.2) is 46.0 Å². The average molecular weight is 433 g/mol. The monoisotopic (exact) mass is 432 g/mol. The van der Waals surface area contributed by atoms with Gasteiger partial charge in [0.1, 0.15) is 5.75 Å². The van der Waals surface area contributed by atoms with Gasteiger partial charge >= 0.3 is 0 Å². The molecular formula is C22H32N4O3S. The normalized spacial score (nSPS) is 12.5. The summed E-state index contributed by atoms with van der Waals surface area (Å²) in [6.07, 6.45) is 0. The Bertz CT molecular complexity index is 965. The first-order valence-electron chi connectivity index (χ1n) is 9.72. The lowest BCUT2D eigenvalue weighted by molar-refractivity contribution is 0.414. The molecule has 0 spiro atoms. The largest absolute Gasteiger partial charge is 0.497 e. The van der Waals surface area contributed by atoms with Crippen LogP contribution in [0, 0.1) is 0 Å². The molecule has 0 bridgehead atoms. The zero-order valence-corrected chi connectivity index (χ0v) is 19.4. The topological polar surface area (TPSA) is 83.0 Å². The molecule has 2 N–H and O–H groups in total. The fourth-order valence-electron chi connectivity index (χ4n) is 3.01. The van der Waals surface area contributed by atoms with Crippen LogP contribution in [0.5, 0.6) is 5.75 Å². The van der Waals surface area contributed by atoms with Crippen molar-refractivity contribution in [3.8, 4) is 5.75 Å². The van der Waals surface area contributed by atoms with Gasteiger partial charge in [-0.2, -0.15) is 0 Å². The number of ether oxygens (including phenoxy) is 1. The van der Waals surface area contributed by atoms with Gasteiger partial charge in [0.05, 0.1) is 12.0 Å². The number of nitrogens with zero attached hydrogens (tertiary/aromatic N) is 2. The first kappa shape index (κ1) is 23.7. The minimum Gasteiger partial charge on any atom is -0.497 e. The molecule has 0 heterocycles. The summed E-state index contributed by atoms with van der Waals surface area (Å²) in [6, 6.07) is 14.8. The Morgan fingerprint density at radius 3 is 2.30 bits per heavy atom. The molecule has 0 aliphatic heterocycles. The Hall–Kier alpha value is -2.58. The van der Waals surface area contributed by atoms with E-state index in [1.165, 1.54) is 0 Å². The van der Waals surface area contributed by atoms with Crippen LogP contribution in [0.2, 0.25) is 0 Å². The molecule has 0 aliphatic carbocycles. The Balaban J connectivity index is 2.11. The lowest BCUT2D eigenvalue weighted by Gasteiger charge is -2.24. The van der Waals surface area contributed by atoms with Gasteiger partial charge in [-0.1, -0.05) is 30.3 Å². The van der Waals surface area contributed by atoms with Gasteiger partial charge in [-0.15, -0.1) is 0 Å². The molecule has 0 saturated heterocycles. The van der Waals surface area contributed by atoms with E-state index in [1.54, 1.807) is 32.4 Å². The Labute approximate surface area is 180 Å². The fourth-order valence-corrected chi connectivity index (χ4v) is 4.67. The van der Waals surface area contributed by atoms with Crippen molar-refractivity contribution in [1.82, 2.24) is 14.9 Å². The highest BCUT2D eigenvalue weighted by Crippen LogP contribution is 2.18. The molecule has 2 rings (SSSR count). The molecular weight excluding hydrogens is 400 g/mol. The second-order valence-corrected chi connectivity index (χ2v) is 9.72. The molecule has 0 saturated carbocycles. The molecule has 7 nitrogen and oxygen atoms in total. The summed E-state index contributed by atoms with van der Waals surface area (Å²) in [5, 5.41) is 3.26. The van der Waals surface area contributed by atoms with Crippen LogP contribution in [0.3, 0.4) is 0 Å².